The summed E-state index contributed by atoms with van der Waals surface area (Å²) in [7, 11) is 1.60. The summed E-state index contributed by atoms with van der Waals surface area (Å²) in [5, 5.41) is 10.7. The number of furan rings is 1. The van der Waals surface area contributed by atoms with E-state index in [-0.39, 0.29) is 0 Å². The second kappa shape index (κ2) is 3.52. The molecule has 0 N–H and O–H groups in total. The van der Waals surface area contributed by atoms with Gasteiger partial charge in [0.25, 0.3) is 0 Å². The molecule has 0 saturated heterocycles. The van der Waals surface area contributed by atoms with Crippen LogP contribution in [0.3, 0.4) is 0 Å². The molecule has 1 heterocycles. The normalized spacial score (nSPS) is 10.3. The van der Waals surface area contributed by atoms with E-state index < -0.39 is 0 Å². The van der Waals surface area contributed by atoms with E-state index in [1.807, 2.05) is 12.1 Å². The maximum Gasteiger partial charge on any atom is 0.138 e. The van der Waals surface area contributed by atoms with Crippen molar-refractivity contribution in [2.75, 3.05) is 7.11 Å². The Morgan fingerprint density at radius 3 is 3.07 bits per heavy atom. The van der Waals surface area contributed by atoms with Crippen molar-refractivity contribution in [2.45, 2.75) is 6.61 Å². The molecule has 2 rings (SSSR count). The zero-order chi connectivity index (χ0) is 9.97. The van der Waals surface area contributed by atoms with Crippen LogP contribution in [-0.4, -0.2) is 7.11 Å². The van der Waals surface area contributed by atoms with Crippen molar-refractivity contribution in [1.29, 1.82) is 5.26 Å². The second-order valence-corrected chi connectivity index (χ2v) is 2.97. The zero-order valence-electron chi connectivity index (χ0n) is 7.78. The highest BCUT2D eigenvalue weighted by atomic mass is 16.5. The van der Waals surface area contributed by atoms with E-state index >= 15 is 0 Å². The molecule has 0 aliphatic heterocycles. The van der Waals surface area contributed by atoms with Gasteiger partial charge in [-0.1, -0.05) is 12.1 Å². The maximum atomic E-state index is 8.91. The molecule has 0 atom stereocenters. The van der Waals surface area contributed by atoms with Crippen LogP contribution in [0.25, 0.3) is 10.8 Å². The van der Waals surface area contributed by atoms with Crippen LogP contribution in [-0.2, 0) is 11.3 Å². The molecule has 0 aliphatic rings. The zero-order valence-corrected chi connectivity index (χ0v) is 7.78. The monoisotopic (exact) mass is 187 g/mol. The fraction of sp³-hybridized carbons (Fsp3) is 0.182. The Balaban J connectivity index is 2.69. The predicted octanol–water partition coefficient (Wildman–Crippen LogP) is 2.45. The third-order valence-corrected chi connectivity index (χ3v) is 2.10. The lowest BCUT2D eigenvalue weighted by Gasteiger charge is -1.96. The van der Waals surface area contributed by atoms with Crippen LogP contribution in [0.2, 0.25) is 0 Å². The summed E-state index contributed by atoms with van der Waals surface area (Å²) in [4.78, 5) is 0. The molecule has 1 aromatic carbocycles. The molecule has 0 fully saturated rings. The number of ether oxygens (including phenoxy) is 1. The summed E-state index contributed by atoms with van der Waals surface area (Å²) in [5.41, 5.74) is 0.628. The molecule has 0 bridgehead atoms. The van der Waals surface area contributed by atoms with Crippen LogP contribution in [0.15, 0.2) is 28.9 Å². The highest BCUT2D eigenvalue weighted by Gasteiger charge is 2.09. The van der Waals surface area contributed by atoms with Gasteiger partial charge in [-0.3, -0.25) is 0 Å². The average molecular weight is 187 g/mol. The van der Waals surface area contributed by atoms with Crippen molar-refractivity contribution >= 4 is 10.8 Å². The van der Waals surface area contributed by atoms with Crippen molar-refractivity contribution in [3.63, 3.8) is 0 Å². The number of hydrogen-bond donors (Lipinski definition) is 0. The Morgan fingerprint density at radius 2 is 2.36 bits per heavy atom. The van der Waals surface area contributed by atoms with E-state index in [9.17, 15) is 0 Å². The Bertz CT molecular complexity index is 493. The Kier molecular flexibility index (Phi) is 2.21. The third kappa shape index (κ3) is 1.26. The first kappa shape index (κ1) is 8.79. The minimum Gasteiger partial charge on any atom is -0.466 e. The van der Waals surface area contributed by atoms with E-state index in [2.05, 4.69) is 6.07 Å². The van der Waals surface area contributed by atoms with Gasteiger partial charge in [-0.05, 0) is 6.07 Å². The molecule has 0 amide bonds. The third-order valence-electron chi connectivity index (χ3n) is 2.10. The van der Waals surface area contributed by atoms with Gasteiger partial charge in [0.1, 0.15) is 12.4 Å². The minimum atomic E-state index is 0.391. The molecule has 0 radical (unpaired) electrons. The molecule has 0 spiro atoms. The van der Waals surface area contributed by atoms with Crippen LogP contribution in [0.5, 0.6) is 0 Å². The molecule has 3 heteroatoms. The first-order valence-electron chi connectivity index (χ1n) is 4.25. The topological polar surface area (TPSA) is 46.2 Å². The lowest BCUT2D eigenvalue weighted by atomic mass is 10.1. The predicted molar refractivity (Wildman–Crippen MR) is 51.6 cm³/mol. The van der Waals surface area contributed by atoms with Crippen LogP contribution in [0.4, 0.5) is 0 Å². The smallest absolute Gasteiger partial charge is 0.138 e. The summed E-state index contributed by atoms with van der Waals surface area (Å²) in [6.07, 6.45) is 1.64. The van der Waals surface area contributed by atoms with E-state index in [1.54, 1.807) is 19.4 Å². The van der Waals surface area contributed by atoms with Gasteiger partial charge in [-0.2, -0.15) is 5.26 Å². The van der Waals surface area contributed by atoms with Crippen LogP contribution < -0.4 is 0 Å². The standard InChI is InChI=1S/C11H9NO2/c1-13-7-10-11-8(5-12)3-2-4-9(11)6-14-10/h2-4,6H,7H2,1H3. The van der Waals surface area contributed by atoms with E-state index in [0.717, 1.165) is 10.8 Å². The van der Waals surface area contributed by atoms with Gasteiger partial charge in [0, 0.05) is 17.9 Å². The minimum absolute atomic E-state index is 0.391. The molecular formula is C11H9NO2. The van der Waals surface area contributed by atoms with Crippen molar-refractivity contribution < 1.29 is 9.15 Å². The number of nitrogens with zero attached hydrogens (tertiary/aromatic N) is 1. The molecule has 70 valence electrons. The quantitative estimate of drug-likeness (QED) is 0.725. The molecular weight excluding hydrogens is 178 g/mol. The largest absolute Gasteiger partial charge is 0.466 e. The van der Waals surface area contributed by atoms with Gasteiger partial charge in [0.2, 0.25) is 0 Å². The first-order valence-corrected chi connectivity index (χ1v) is 4.25. The Morgan fingerprint density at radius 1 is 1.50 bits per heavy atom. The fourth-order valence-corrected chi connectivity index (χ4v) is 1.50. The van der Waals surface area contributed by atoms with Crippen molar-refractivity contribution in [3.05, 3.63) is 35.8 Å². The van der Waals surface area contributed by atoms with Gasteiger partial charge in [0.15, 0.2) is 0 Å². The van der Waals surface area contributed by atoms with E-state index in [1.165, 1.54) is 0 Å². The molecule has 14 heavy (non-hydrogen) atoms. The number of methoxy groups -OCH3 is 1. The number of rotatable bonds is 2. The highest BCUT2D eigenvalue weighted by molar-refractivity contribution is 5.89. The molecule has 2 aromatic rings. The first-order chi connectivity index (χ1) is 6.86. The van der Waals surface area contributed by atoms with E-state index in [0.29, 0.717) is 17.9 Å². The highest BCUT2D eigenvalue weighted by Crippen LogP contribution is 2.24. The Labute approximate surface area is 81.5 Å². The summed E-state index contributed by atoms with van der Waals surface area (Å²) in [6, 6.07) is 7.67. The SMILES string of the molecule is COCc1occ2cccc(C#N)c12. The molecule has 0 aliphatic carbocycles. The van der Waals surface area contributed by atoms with Gasteiger partial charge >= 0.3 is 0 Å². The number of nitriles is 1. The van der Waals surface area contributed by atoms with Crippen molar-refractivity contribution in [1.82, 2.24) is 0 Å². The van der Waals surface area contributed by atoms with Gasteiger partial charge in [0.05, 0.1) is 17.9 Å². The lowest BCUT2D eigenvalue weighted by Crippen LogP contribution is -1.86. The van der Waals surface area contributed by atoms with Crippen molar-refractivity contribution in [2.24, 2.45) is 0 Å². The fourth-order valence-electron chi connectivity index (χ4n) is 1.50. The molecule has 0 unspecified atom stereocenters. The summed E-state index contributed by atoms with van der Waals surface area (Å²) in [6.45, 7) is 0.391. The maximum absolute atomic E-state index is 8.91. The van der Waals surface area contributed by atoms with E-state index in [4.69, 9.17) is 14.4 Å². The Hall–Kier alpha value is -1.79. The molecule has 0 saturated carbocycles. The van der Waals surface area contributed by atoms with Gasteiger partial charge in [-0.25, -0.2) is 0 Å². The number of benzene rings is 1. The summed E-state index contributed by atoms with van der Waals surface area (Å²) in [5.74, 6) is 0.708. The van der Waals surface area contributed by atoms with Crippen LogP contribution >= 0.6 is 0 Å². The van der Waals surface area contributed by atoms with Crippen LogP contribution in [0, 0.1) is 11.3 Å². The van der Waals surface area contributed by atoms with Gasteiger partial charge < -0.3 is 9.15 Å². The van der Waals surface area contributed by atoms with Crippen LogP contribution in [0.1, 0.15) is 11.3 Å². The number of hydrogen-bond acceptors (Lipinski definition) is 3. The number of fused-ring (bicyclic) bond motifs is 1. The average Bonchev–Trinajstić information content (AvgIpc) is 2.62. The molecule has 1 aromatic heterocycles. The molecule has 3 nitrogen and oxygen atoms in total. The van der Waals surface area contributed by atoms with Crippen molar-refractivity contribution in [3.8, 4) is 6.07 Å². The summed E-state index contributed by atoms with van der Waals surface area (Å²) >= 11 is 0. The van der Waals surface area contributed by atoms with Gasteiger partial charge in [-0.15, -0.1) is 0 Å². The summed E-state index contributed by atoms with van der Waals surface area (Å²) < 4.78 is 10.3. The second-order valence-electron chi connectivity index (χ2n) is 2.97. The lowest BCUT2D eigenvalue weighted by molar-refractivity contribution is 0.166.